The van der Waals surface area contributed by atoms with Crippen molar-refractivity contribution in [2.75, 3.05) is 0 Å². The molecule has 5 N–H and O–H groups in total. The van der Waals surface area contributed by atoms with Crippen molar-refractivity contribution in [2.45, 2.75) is 12.4 Å². The standard InChI is InChI=1S/C5H2F6O4.C2H2O4.BH3O3.2Li/c6-4(7,8)3(1(12)13,2(14)15)5(9,10)11;3-1(4)2(5)6;2-1(3)4;;/h(H,12,13)(H,14,15);(H,3,4)(H,5,6);2-4H;;/q;;;2*+1/p-2. The summed E-state index contributed by atoms with van der Waals surface area (Å²) in [4.78, 5) is 37.8. The van der Waals surface area contributed by atoms with E-state index < -0.39 is 49.0 Å². The first kappa shape index (κ1) is 36.5. The molecular weight excluding hydrogens is 399 g/mol. The molecule has 146 valence electrons. The first-order valence-corrected chi connectivity index (χ1v) is 4.83. The molecule has 0 aromatic heterocycles. The fourth-order valence-corrected chi connectivity index (χ4v) is 0.707. The van der Waals surface area contributed by atoms with Gasteiger partial charge in [0.25, 0.3) is 0 Å². The molecule has 0 aliphatic heterocycles. The minimum atomic E-state index is -6.61. The Hall–Kier alpha value is -1.40. The molecule has 20 heteroatoms. The molecule has 0 aliphatic rings. The molecule has 0 amide bonds. The quantitative estimate of drug-likeness (QED) is 0.126. The van der Waals surface area contributed by atoms with E-state index in [1.165, 1.54) is 0 Å². The molecular formula is C7H5BF6Li2O11. The molecule has 0 saturated carbocycles. The fourth-order valence-electron chi connectivity index (χ4n) is 0.707. The van der Waals surface area contributed by atoms with Crippen LogP contribution in [0.3, 0.4) is 0 Å². The molecule has 0 atom stereocenters. The Labute approximate surface area is 168 Å². The van der Waals surface area contributed by atoms with Crippen LogP contribution in [-0.4, -0.2) is 68.8 Å². The van der Waals surface area contributed by atoms with Gasteiger partial charge in [-0.1, -0.05) is 0 Å². The number of halogens is 6. The van der Waals surface area contributed by atoms with Crippen molar-refractivity contribution in [1.29, 1.82) is 0 Å². The zero-order chi connectivity index (χ0) is 21.4. The molecule has 0 spiro atoms. The van der Waals surface area contributed by atoms with Crippen molar-refractivity contribution in [3.8, 4) is 0 Å². The second-order valence-electron chi connectivity index (χ2n) is 3.28. The van der Waals surface area contributed by atoms with Gasteiger partial charge in [0.05, 0.1) is 11.9 Å². The Morgan fingerprint density at radius 3 is 0.815 bits per heavy atom. The minimum Gasteiger partial charge on any atom is -0.548 e. The van der Waals surface area contributed by atoms with Crippen LogP contribution in [0.4, 0.5) is 26.3 Å². The monoisotopic (exact) mass is 404 g/mol. The predicted molar refractivity (Wildman–Crippen MR) is 52.2 cm³/mol. The van der Waals surface area contributed by atoms with Crippen LogP contribution in [0.25, 0.3) is 0 Å². The van der Waals surface area contributed by atoms with E-state index in [4.69, 9.17) is 34.9 Å². The Balaban J connectivity index is -0.000000113. The molecule has 0 saturated heterocycles. The summed E-state index contributed by atoms with van der Waals surface area (Å²) in [6.45, 7) is 0. The number of carboxylic acid groups (broad SMARTS) is 4. The van der Waals surface area contributed by atoms with Gasteiger partial charge >= 0.3 is 69.3 Å². The molecule has 11 nitrogen and oxygen atoms in total. The van der Waals surface area contributed by atoms with Crippen molar-refractivity contribution >= 4 is 31.2 Å². The predicted octanol–water partition coefficient (Wildman–Crippen LogP) is -10.3. The van der Waals surface area contributed by atoms with Gasteiger partial charge in [0.1, 0.15) is 0 Å². The topological polar surface area (TPSA) is 216 Å². The van der Waals surface area contributed by atoms with Crippen LogP contribution in [0.2, 0.25) is 0 Å². The molecule has 0 rings (SSSR count). The number of alkyl halides is 6. The summed E-state index contributed by atoms with van der Waals surface area (Å²) in [6.07, 6.45) is -13.2. The maximum absolute atomic E-state index is 11.8. The molecule has 0 aromatic rings. The maximum Gasteiger partial charge on any atom is 1.00 e. The Kier molecular flexibility index (Phi) is 18.6. The molecule has 0 heterocycles. The van der Waals surface area contributed by atoms with Crippen molar-refractivity contribution in [1.82, 2.24) is 0 Å². The van der Waals surface area contributed by atoms with Gasteiger partial charge in [-0.15, -0.1) is 0 Å². The summed E-state index contributed by atoms with van der Waals surface area (Å²) in [5, 5.41) is 55.9. The van der Waals surface area contributed by atoms with E-state index >= 15 is 0 Å². The van der Waals surface area contributed by atoms with Crippen LogP contribution in [0.15, 0.2) is 0 Å². The van der Waals surface area contributed by atoms with E-state index in [0.717, 1.165) is 0 Å². The van der Waals surface area contributed by atoms with Crippen LogP contribution in [-0.2, 0) is 19.2 Å². The van der Waals surface area contributed by atoms with Crippen LogP contribution < -0.4 is 47.9 Å². The first-order valence-electron chi connectivity index (χ1n) is 4.83. The van der Waals surface area contributed by atoms with Gasteiger partial charge in [-0.05, 0) is 0 Å². The molecule has 0 bridgehead atoms. The van der Waals surface area contributed by atoms with Gasteiger partial charge in [0, 0.05) is 0 Å². The molecule has 0 aliphatic carbocycles. The maximum atomic E-state index is 11.8. The first-order chi connectivity index (χ1) is 10.8. The summed E-state index contributed by atoms with van der Waals surface area (Å²) < 4.78 is 70.9. The Morgan fingerprint density at radius 2 is 0.815 bits per heavy atom. The van der Waals surface area contributed by atoms with E-state index in [1.54, 1.807) is 0 Å². The number of aliphatic carboxylic acids is 4. The third kappa shape index (κ3) is 11.8. The van der Waals surface area contributed by atoms with Gasteiger partial charge in [-0.3, -0.25) is 0 Å². The molecule has 0 aromatic carbocycles. The average molecular weight is 404 g/mol. The van der Waals surface area contributed by atoms with Gasteiger partial charge in [0.2, 0.25) is 5.41 Å². The average Bonchev–Trinajstić information content (AvgIpc) is 2.22. The second kappa shape index (κ2) is 13.7. The molecule has 0 radical (unpaired) electrons. The summed E-state index contributed by atoms with van der Waals surface area (Å²) >= 11 is 0. The van der Waals surface area contributed by atoms with Crippen LogP contribution in [0.1, 0.15) is 0 Å². The fraction of sp³-hybridized carbons (Fsp3) is 0.429. The van der Waals surface area contributed by atoms with Crippen LogP contribution in [0, 0.1) is 5.41 Å². The van der Waals surface area contributed by atoms with Gasteiger partial charge in [0.15, 0.2) is 0 Å². The molecule has 27 heavy (non-hydrogen) atoms. The summed E-state index contributed by atoms with van der Waals surface area (Å²) in [6, 6.07) is 0. The largest absolute Gasteiger partial charge is 1.00 e. The van der Waals surface area contributed by atoms with Gasteiger partial charge in [-0.2, -0.15) is 26.3 Å². The van der Waals surface area contributed by atoms with Crippen molar-refractivity contribution in [3.63, 3.8) is 0 Å². The van der Waals surface area contributed by atoms with E-state index in [0.29, 0.717) is 0 Å². The van der Waals surface area contributed by atoms with Crippen LogP contribution >= 0.6 is 0 Å². The zero-order valence-electron chi connectivity index (χ0n) is 13.0. The summed E-state index contributed by atoms with van der Waals surface area (Å²) in [5.74, 6) is -11.3. The van der Waals surface area contributed by atoms with Crippen molar-refractivity contribution in [2.24, 2.45) is 5.41 Å². The van der Waals surface area contributed by atoms with E-state index in [1.807, 2.05) is 0 Å². The third-order valence-electron chi connectivity index (χ3n) is 1.65. The Morgan fingerprint density at radius 1 is 0.667 bits per heavy atom. The number of carboxylic acids is 4. The molecule has 0 unspecified atom stereocenters. The van der Waals surface area contributed by atoms with E-state index in [-0.39, 0.29) is 37.7 Å². The Bertz CT molecular complexity index is 464. The third-order valence-corrected chi connectivity index (χ3v) is 1.65. The van der Waals surface area contributed by atoms with Crippen molar-refractivity contribution in [3.05, 3.63) is 0 Å². The van der Waals surface area contributed by atoms with E-state index in [2.05, 4.69) is 0 Å². The van der Waals surface area contributed by atoms with E-state index in [9.17, 15) is 46.1 Å². The summed E-state index contributed by atoms with van der Waals surface area (Å²) in [7, 11) is -2.17. The minimum absolute atomic E-state index is 0. The smallest absolute Gasteiger partial charge is 0.548 e. The number of carbonyl (C=O) groups excluding carboxylic acids is 2. The second-order valence-corrected chi connectivity index (χ2v) is 3.28. The zero-order valence-corrected chi connectivity index (χ0v) is 13.0. The van der Waals surface area contributed by atoms with Gasteiger partial charge < -0.3 is 45.1 Å². The van der Waals surface area contributed by atoms with Crippen LogP contribution in [0.5, 0.6) is 0 Å². The van der Waals surface area contributed by atoms with Crippen molar-refractivity contribution < 1.29 is 119 Å². The normalized spacial score (nSPS) is 10.3. The molecule has 0 fully saturated rings. The SMILES string of the molecule is O=C(O)C(=O)O.O=C([O-])C(C(=O)[O-])(C(F)(F)F)C(F)(F)F.OB(O)O.[Li+].[Li+]. The number of hydrogen-bond donors (Lipinski definition) is 5. The number of rotatable bonds is 2. The summed E-state index contributed by atoms with van der Waals surface area (Å²) in [5.41, 5.74) is -6.01. The number of carbonyl (C=O) groups is 4. The van der Waals surface area contributed by atoms with Gasteiger partial charge in [-0.25, -0.2) is 9.59 Å². The number of hydrogen-bond acceptors (Lipinski definition) is 9.